The SMILES string of the molecule is CC(C)(C)OC(=O)Nc1ccc(-c2cccs2)cc1NC(=O)c1ccc2c(c1)CC(=O)N2CC1CC1. The smallest absolute Gasteiger partial charge is 0.412 e. The van der Waals surface area contributed by atoms with Crippen molar-refractivity contribution in [3.63, 3.8) is 0 Å². The van der Waals surface area contributed by atoms with Crippen molar-refractivity contribution in [2.24, 2.45) is 5.92 Å². The third kappa shape index (κ3) is 5.44. The van der Waals surface area contributed by atoms with Gasteiger partial charge in [-0.2, -0.15) is 0 Å². The average Bonchev–Trinajstić information content (AvgIpc) is 3.34. The molecule has 2 aliphatic rings. The molecule has 0 atom stereocenters. The Morgan fingerprint density at radius 2 is 1.86 bits per heavy atom. The molecule has 1 aliphatic heterocycles. The van der Waals surface area contributed by atoms with Gasteiger partial charge in [0.2, 0.25) is 5.91 Å². The maximum absolute atomic E-state index is 13.3. The molecular weight excluding hydrogens is 474 g/mol. The number of fused-ring (bicyclic) bond motifs is 1. The number of benzene rings is 2. The Kier molecular flexibility index (Phi) is 6.30. The van der Waals surface area contributed by atoms with Crippen molar-refractivity contribution in [3.05, 3.63) is 65.0 Å². The fourth-order valence-electron chi connectivity index (χ4n) is 4.24. The third-order valence-corrected chi connectivity index (χ3v) is 7.04. The van der Waals surface area contributed by atoms with Crippen LogP contribution in [-0.4, -0.2) is 30.1 Å². The largest absolute Gasteiger partial charge is 0.444 e. The van der Waals surface area contributed by atoms with Gasteiger partial charge in [-0.05, 0) is 92.4 Å². The lowest BCUT2D eigenvalue weighted by Gasteiger charge is -2.21. The summed E-state index contributed by atoms with van der Waals surface area (Å²) in [5, 5.41) is 7.68. The van der Waals surface area contributed by atoms with Crippen LogP contribution in [0.15, 0.2) is 53.9 Å². The first-order valence-corrected chi connectivity index (χ1v) is 13.0. The van der Waals surface area contributed by atoms with Crippen LogP contribution >= 0.6 is 11.3 Å². The average molecular weight is 504 g/mol. The summed E-state index contributed by atoms with van der Waals surface area (Å²) < 4.78 is 5.39. The number of thiophene rings is 1. The van der Waals surface area contributed by atoms with Gasteiger partial charge in [0.05, 0.1) is 17.8 Å². The van der Waals surface area contributed by atoms with Crippen molar-refractivity contribution >= 4 is 46.3 Å². The number of rotatable bonds is 6. The highest BCUT2D eigenvalue weighted by Crippen LogP contribution is 2.37. The standard InChI is InChI=1S/C28H29N3O4S/c1-28(2,3)35-27(34)30-21-10-8-18(24-5-4-12-36-24)14-22(21)29-26(33)19-9-11-23-20(13-19)15-25(32)31(23)16-17-6-7-17/h4-5,8-14,17H,6-7,15-16H2,1-3H3,(H,29,33)(H,30,34). The summed E-state index contributed by atoms with van der Waals surface area (Å²) in [6.07, 6.45) is 2.05. The number of carbonyl (C=O) groups excluding carboxylic acids is 3. The molecule has 36 heavy (non-hydrogen) atoms. The minimum atomic E-state index is -0.653. The highest BCUT2D eigenvalue weighted by Gasteiger charge is 2.33. The minimum absolute atomic E-state index is 0.0851. The van der Waals surface area contributed by atoms with E-state index in [0.29, 0.717) is 29.3 Å². The van der Waals surface area contributed by atoms with Crippen LogP contribution in [0.5, 0.6) is 0 Å². The fourth-order valence-corrected chi connectivity index (χ4v) is 4.97. The normalized spacial score (nSPS) is 15.0. The number of nitrogens with one attached hydrogen (secondary N) is 2. The molecule has 7 nitrogen and oxygen atoms in total. The highest BCUT2D eigenvalue weighted by atomic mass is 32.1. The molecule has 0 saturated heterocycles. The van der Waals surface area contributed by atoms with Crippen molar-refractivity contribution in [2.45, 2.75) is 45.6 Å². The summed E-state index contributed by atoms with van der Waals surface area (Å²) in [7, 11) is 0. The summed E-state index contributed by atoms with van der Waals surface area (Å²) in [6, 6.07) is 14.8. The predicted octanol–water partition coefficient (Wildman–Crippen LogP) is 6.31. The lowest BCUT2D eigenvalue weighted by molar-refractivity contribution is -0.117. The number of carbonyl (C=O) groups is 3. The second-order valence-corrected chi connectivity index (χ2v) is 11.2. The third-order valence-electron chi connectivity index (χ3n) is 6.12. The second kappa shape index (κ2) is 9.43. The van der Waals surface area contributed by atoms with E-state index in [2.05, 4.69) is 10.6 Å². The number of ether oxygens (including phenoxy) is 1. The summed E-state index contributed by atoms with van der Waals surface area (Å²) in [5.41, 5.74) is 3.39. The molecule has 0 radical (unpaired) electrons. The Balaban J connectivity index is 1.39. The Morgan fingerprint density at radius 3 is 2.56 bits per heavy atom. The molecular formula is C28H29N3O4S. The fraction of sp³-hybridized carbons (Fsp3) is 0.321. The second-order valence-electron chi connectivity index (χ2n) is 10.3. The van der Waals surface area contributed by atoms with Crippen LogP contribution in [0.25, 0.3) is 10.4 Å². The molecule has 1 fully saturated rings. The van der Waals surface area contributed by atoms with E-state index >= 15 is 0 Å². The van der Waals surface area contributed by atoms with Gasteiger partial charge in [0.15, 0.2) is 0 Å². The van der Waals surface area contributed by atoms with E-state index in [-0.39, 0.29) is 11.8 Å². The van der Waals surface area contributed by atoms with Gasteiger partial charge in [-0.3, -0.25) is 14.9 Å². The number of anilines is 3. The van der Waals surface area contributed by atoms with E-state index in [1.54, 1.807) is 50.3 Å². The van der Waals surface area contributed by atoms with E-state index in [0.717, 1.165) is 28.2 Å². The number of hydrogen-bond donors (Lipinski definition) is 2. The zero-order chi connectivity index (χ0) is 25.4. The summed E-state index contributed by atoms with van der Waals surface area (Å²) in [6.45, 7) is 6.13. The Hall–Kier alpha value is -3.65. The van der Waals surface area contributed by atoms with Gasteiger partial charge in [-0.15, -0.1) is 11.3 Å². The van der Waals surface area contributed by atoms with Gasteiger partial charge in [-0.1, -0.05) is 12.1 Å². The number of amides is 3. The van der Waals surface area contributed by atoms with Crippen molar-refractivity contribution in [3.8, 4) is 10.4 Å². The monoisotopic (exact) mass is 503 g/mol. The molecule has 0 bridgehead atoms. The van der Waals surface area contributed by atoms with Crippen LogP contribution < -0.4 is 15.5 Å². The van der Waals surface area contributed by atoms with E-state index in [4.69, 9.17) is 4.74 Å². The van der Waals surface area contributed by atoms with Crippen LogP contribution in [0.3, 0.4) is 0 Å². The van der Waals surface area contributed by atoms with Crippen LogP contribution in [0, 0.1) is 5.92 Å². The Labute approximate surface area is 214 Å². The molecule has 2 N–H and O–H groups in total. The van der Waals surface area contributed by atoms with Gasteiger partial charge in [0.1, 0.15) is 5.60 Å². The summed E-state index contributed by atoms with van der Waals surface area (Å²) >= 11 is 1.59. The van der Waals surface area contributed by atoms with Gasteiger partial charge >= 0.3 is 6.09 Å². The molecule has 186 valence electrons. The van der Waals surface area contributed by atoms with Crippen LogP contribution in [0.1, 0.15) is 49.5 Å². The van der Waals surface area contributed by atoms with E-state index in [1.807, 2.05) is 40.6 Å². The summed E-state index contributed by atoms with van der Waals surface area (Å²) in [5.74, 6) is 0.359. The first kappa shape index (κ1) is 24.1. The van der Waals surface area contributed by atoms with Gasteiger partial charge in [0.25, 0.3) is 5.91 Å². The molecule has 1 aromatic heterocycles. The first-order chi connectivity index (χ1) is 17.2. The van der Waals surface area contributed by atoms with Crippen LogP contribution in [0.4, 0.5) is 21.9 Å². The zero-order valence-electron chi connectivity index (χ0n) is 20.6. The maximum Gasteiger partial charge on any atom is 0.412 e. The molecule has 2 heterocycles. The minimum Gasteiger partial charge on any atom is -0.444 e. The molecule has 3 amide bonds. The lowest BCUT2D eigenvalue weighted by Crippen LogP contribution is -2.28. The zero-order valence-corrected chi connectivity index (χ0v) is 21.4. The van der Waals surface area contributed by atoms with E-state index in [9.17, 15) is 14.4 Å². The van der Waals surface area contributed by atoms with Gasteiger partial charge in [0, 0.05) is 22.7 Å². The van der Waals surface area contributed by atoms with E-state index < -0.39 is 11.7 Å². The van der Waals surface area contributed by atoms with Crippen LogP contribution in [0.2, 0.25) is 0 Å². The topological polar surface area (TPSA) is 87.7 Å². The number of nitrogens with zero attached hydrogens (tertiary/aromatic N) is 1. The molecule has 8 heteroatoms. The quantitative estimate of drug-likeness (QED) is 0.412. The van der Waals surface area contributed by atoms with Crippen molar-refractivity contribution < 1.29 is 19.1 Å². The van der Waals surface area contributed by atoms with Gasteiger partial charge in [-0.25, -0.2) is 4.79 Å². The van der Waals surface area contributed by atoms with Crippen LogP contribution in [-0.2, 0) is 16.0 Å². The Bertz CT molecular complexity index is 1320. The molecule has 2 aromatic carbocycles. The maximum atomic E-state index is 13.3. The lowest BCUT2D eigenvalue weighted by atomic mass is 10.1. The van der Waals surface area contributed by atoms with E-state index in [1.165, 1.54) is 12.8 Å². The molecule has 0 spiro atoms. The molecule has 5 rings (SSSR count). The van der Waals surface area contributed by atoms with Crippen molar-refractivity contribution in [1.29, 1.82) is 0 Å². The van der Waals surface area contributed by atoms with Gasteiger partial charge < -0.3 is 15.0 Å². The van der Waals surface area contributed by atoms with Crippen molar-refractivity contribution in [1.82, 2.24) is 0 Å². The first-order valence-electron chi connectivity index (χ1n) is 12.1. The molecule has 1 aliphatic carbocycles. The van der Waals surface area contributed by atoms with Crippen molar-refractivity contribution in [2.75, 3.05) is 22.1 Å². The molecule has 3 aromatic rings. The number of hydrogen-bond acceptors (Lipinski definition) is 5. The molecule has 1 saturated carbocycles. The highest BCUT2D eigenvalue weighted by molar-refractivity contribution is 7.13. The molecule has 0 unspecified atom stereocenters. The predicted molar refractivity (Wildman–Crippen MR) is 143 cm³/mol. The Morgan fingerprint density at radius 1 is 1.06 bits per heavy atom. The summed E-state index contributed by atoms with van der Waals surface area (Å²) in [4.78, 5) is 41.1.